The van der Waals surface area contributed by atoms with Gasteiger partial charge in [0.25, 0.3) is 0 Å². The molecule has 0 saturated heterocycles. The summed E-state index contributed by atoms with van der Waals surface area (Å²) in [6, 6.07) is 14.9. The van der Waals surface area contributed by atoms with Crippen LogP contribution in [0.2, 0.25) is 5.02 Å². The lowest BCUT2D eigenvalue weighted by Crippen LogP contribution is -2.25. The van der Waals surface area contributed by atoms with E-state index in [2.05, 4.69) is 15.5 Å². The zero-order valence-electron chi connectivity index (χ0n) is 16.6. The summed E-state index contributed by atoms with van der Waals surface area (Å²) in [5.74, 6) is 1.43. The van der Waals surface area contributed by atoms with Crippen LogP contribution in [0.15, 0.2) is 53.7 Å². The number of nitrogens with zero attached hydrogens (tertiary/aromatic N) is 3. The van der Waals surface area contributed by atoms with E-state index in [4.69, 9.17) is 16.3 Å². The molecular weight excluding hydrogens is 408 g/mol. The molecule has 1 amide bonds. The van der Waals surface area contributed by atoms with Crippen LogP contribution in [0, 0.1) is 6.92 Å². The van der Waals surface area contributed by atoms with E-state index >= 15 is 0 Å². The van der Waals surface area contributed by atoms with Gasteiger partial charge in [-0.15, -0.1) is 10.2 Å². The van der Waals surface area contributed by atoms with Gasteiger partial charge in [0, 0.05) is 17.8 Å². The molecule has 6 nitrogen and oxygen atoms in total. The Morgan fingerprint density at radius 2 is 1.93 bits per heavy atom. The Morgan fingerprint density at radius 1 is 1.21 bits per heavy atom. The molecule has 3 rings (SSSR count). The fourth-order valence-electron chi connectivity index (χ4n) is 2.64. The van der Waals surface area contributed by atoms with Crippen LogP contribution in [0.5, 0.6) is 5.75 Å². The van der Waals surface area contributed by atoms with E-state index in [-0.39, 0.29) is 11.2 Å². The zero-order valence-corrected chi connectivity index (χ0v) is 18.1. The quantitative estimate of drug-likeness (QED) is 0.516. The number of thioether (sulfide) groups is 1. The number of halogens is 1. The van der Waals surface area contributed by atoms with Gasteiger partial charge < -0.3 is 14.6 Å². The number of carbonyl (C=O) groups is 1. The Bertz CT molecular complexity index is 975. The summed E-state index contributed by atoms with van der Waals surface area (Å²) >= 11 is 7.28. The average Bonchev–Trinajstić information content (AvgIpc) is 3.06. The van der Waals surface area contributed by atoms with Crippen molar-refractivity contribution in [2.75, 3.05) is 5.32 Å². The minimum atomic E-state index is -0.293. The summed E-state index contributed by atoms with van der Waals surface area (Å²) in [6.07, 6.45) is 0.659. The first-order valence-corrected chi connectivity index (χ1v) is 10.5. The van der Waals surface area contributed by atoms with Crippen LogP contribution in [-0.4, -0.2) is 25.9 Å². The van der Waals surface area contributed by atoms with Crippen molar-refractivity contribution in [1.29, 1.82) is 0 Å². The minimum Gasteiger partial charge on any atom is -0.485 e. The van der Waals surface area contributed by atoms with Crippen molar-refractivity contribution in [3.05, 3.63) is 64.9 Å². The molecule has 0 aliphatic heterocycles. The minimum absolute atomic E-state index is 0.0828. The number of para-hydroxylation sites is 1. The Kier molecular flexibility index (Phi) is 7.17. The highest BCUT2D eigenvalue weighted by Gasteiger charge is 2.22. The number of hydrogen-bond acceptors (Lipinski definition) is 5. The third kappa shape index (κ3) is 5.52. The first kappa shape index (κ1) is 21.2. The number of nitrogens with one attached hydrogen (secondary N) is 1. The predicted octanol–water partition coefficient (Wildman–Crippen LogP) is 4.87. The number of anilines is 1. The van der Waals surface area contributed by atoms with Gasteiger partial charge in [-0.2, -0.15) is 0 Å². The smallest absolute Gasteiger partial charge is 0.237 e. The van der Waals surface area contributed by atoms with Gasteiger partial charge in [-0.3, -0.25) is 4.79 Å². The normalized spacial score (nSPS) is 11.9. The number of rotatable bonds is 8. The molecule has 8 heteroatoms. The summed E-state index contributed by atoms with van der Waals surface area (Å²) < 4.78 is 7.72. The molecule has 1 atom stereocenters. The number of amides is 1. The van der Waals surface area contributed by atoms with E-state index < -0.39 is 0 Å². The van der Waals surface area contributed by atoms with Crippen LogP contribution in [0.25, 0.3) is 0 Å². The highest BCUT2D eigenvalue weighted by atomic mass is 35.5. The Hall–Kier alpha value is -2.51. The monoisotopic (exact) mass is 430 g/mol. The van der Waals surface area contributed by atoms with Gasteiger partial charge in [-0.1, -0.05) is 48.5 Å². The van der Waals surface area contributed by atoms with Crippen LogP contribution in [0.4, 0.5) is 5.69 Å². The number of hydrogen-bond donors (Lipinski definition) is 1. The van der Waals surface area contributed by atoms with Crippen LogP contribution < -0.4 is 10.1 Å². The highest BCUT2D eigenvalue weighted by molar-refractivity contribution is 8.00. The molecule has 2 aromatic carbocycles. The summed E-state index contributed by atoms with van der Waals surface area (Å²) in [5, 5.41) is 12.4. The van der Waals surface area contributed by atoms with Gasteiger partial charge in [-0.05, 0) is 49.2 Å². The lowest BCUT2D eigenvalue weighted by molar-refractivity contribution is -0.115. The summed E-state index contributed by atoms with van der Waals surface area (Å²) in [7, 11) is 1.88. The fourth-order valence-corrected chi connectivity index (χ4v) is 3.70. The van der Waals surface area contributed by atoms with Crippen LogP contribution in [0.1, 0.15) is 24.7 Å². The molecule has 3 aromatic rings. The maximum absolute atomic E-state index is 12.7. The number of carbonyl (C=O) groups excluding carboxylic acids is 1. The Balaban J connectivity index is 1.63. The molecule has 0 spiro atoms. The zero-order chi connectivity index (χ0) is 20.8. The van der Waals surface area contributed by atoms with Gasteiger partial charge in [0.1, 0.15) is 12.4 Å². The third-order valence-corrected chi connectivity index (χ3v) is 6.05. The van der Waals surface area contributed by atoms with E-state index in [9.17, 15) is 4.79 Å². The molecule has 0 aliphatic carbocycles. The lowest BCUT2D eigenvalue weighted by atomic mass is 10.2. The first-order chi connectivity index (χ1) is 14.0. The highest BCUT2D eigenvalue weighted by Crippen LogP contribution is 2.26. The molecule has 0 unspecified atom stereocenters. The van der Waals surface area contributed by atoms with Crippen LogP contribution in [0.3, 0.4) is 0 Å². The second-order valence-electron chi connectivity index (χ2n) is 6.52. The van der Waals surface area contributed by atoms with Crippen molar-refractivity contribution in [2.24, 2.45) is 7.05 Å². The maximum Gasteiger partial charge on any atom is 0.237 e. The van der Waals surface area contributed by atoms with Gasteiger partial charge >= 0.3 is 0 Å². The van der Waals surface area contributed by atoms with Crippen molar-refractivity contribution in [2.45, 2.75) is 37.3 Å². The molecular formula is C21H23ClN4O2S. The van der Waals surface area contributed by atoms with Crippen LogP contribution >= 0.6 is 23.4 Å². The topological polar surface area (TPSA) is 69.0 Å². The second-order valence-corrected chi connectivity index (χ2v) is 8.13. The van der Waals surface area contributed by atoms with Crippen molar-refractivity contribution in [3.8, 4) is 5.75 Å². The number of ether oxygens (including phenoxy) is 1. The largest absolute Gasteiger partial charge is 0.485 e. The molecule has 1 heterocycles. The van der Waals surface area contributed by atoms with E-state index in [1.807, 2.05) is 49.7 Å². The number of aryl methyl sites for hydroxylation is 1. The molecule has 1 N–H and O–H groups in total. The van der Waals surface area contributed by atoms with Crippen LogP contribution in [-0.2, 0) is 18.4 Å². The summed E-state index contributed by atoms with van der Waals surface area (Å²) in [5.41, 5.74) is 1.78. The molecule has 1 aromatic heterocycles. The first-order valence-electron chi connectivity index (χ1n) is 9.27. The molecule has 0 radical (unpaired) electrons. The van der Waals surface area contributed by atoms with Crippen molar-refractivity contribution < 1.29 is 9.53 Å². The van der Waals surface area contributed by atoms with Gasteiger partial charge in [0.2, 0.25) is 5.91 Å². The van der Waals surface area contributed by atoms with Gasteiger partial charge in [-0.25, -0.2) is 0 Å². The number of benzene rings is 2. The average molecular weight is 431 g/mol. The second kappa shape index (κ2) is 9.80. The molecule has 152 valence electrons. The standard InChI is InChI=1S/C21H23ClN4O2S/c1-4-18(20(27)23-16-11-9-15(22)10-12-16)29-21-25-24-19(26(21)3)13-28-17-8-6-5-7-14(17)2/h5-12,18H,4,13H2,1-3H3,(H,23,27)/t18-/m1/s1. The molecule has 29 heavy (non-hydrogen) atoms. The molecule has 0 bridgehead atoms. The molecule has 0 fully saturated rings. The van der Waals surface area contributed by atoms with E-state index in [1.54, 1.807) is 24.3 Å². The van der Waals surface area contributed by atoms with Gasteiger partial charge in [0.15, 0.2) is 11.0 Å². The van der Waals surface area contributed by atoms with E-state index in [0.29, 0.717) is 34.7 Å². The Labute approximate surface area is 179 Å². The molecule has 0 aliphatic rings. The number of aromatic nitrogens is 3. The molecule has 0 saturated carbocycles. The maximum atomic E-state index is 12.7. The summed E-state index contributed by atoms with van der Waals surface area (Å²) in [4.78, 5) is 12.7. The third-order valence-electron chi connectivity index (χ3n) is 4.40. The van der Waals surface area contributed by atoms with E-state index in [1.165, 1.54) is 11.8 Å². The lowest BCUT2D eigenvalue weighted by Gasteiger charge is -2.14. The van der Waals surface area contributed by atoms with Crippen molar-refractivity contribution in [3.63, 3.8) is 0 Å². The van der Waals surface area contributed by atoms with E-state index in [0.717, 1.165) is 11.3 Å². The van der Waals surface area contributed by atoms with Crippen molar-refractivity contribution >= 4 is 35.0 Å². The summed E-state index contributed by atoms with van der Waals surface area (Å²) in [6.45, 7) is 4.28. The fraction of sp³-hybridized carbons (Fsp3) is 0.286. The predicted molar refractivity (Wildman–Crippen MR) is 117 cm³/mol. The van der Waals surface area contributed by atoms with Gasteiger partial charge in [0.05, 0.1) is 5.25 Å². The Morgan fingerprint density at radius 3 is 2.62 bits per heavy atom. The SMILES string of the molecule is CC[C@@H](Sc1nnc(COc2ccccc2C)n1C)C(=O)Nc1ccc(Cl)cc1. The van der Waals surface area contributed by atoms with Crippen molar-refractivity contribution in [1.82, 2.24) is 14.8 Å².